The largest absolute Gasteiger partial charge is 0.229 e. The Morgan fingerprint density at radius 3 is 2.48 bits per heavy atom. The summed E-state index contributed by atoms with van der Waals surface area (Å²) in [6.45, 7) is 0. The molecule has 2 heterocycles. The van der Waals surface area contributed by atoms with Crippen LogP contribution < -0.4 is 0 Å². The first-order valence-corrected chi connectivity index (χ1v) is 8.72. The second-order valence-corrected chi connectivity index (χ2v) is 6.85. The van der Waals surface area contributed by atoms with E-state index in [-0.39, 0.29) is 5.82 Å². The first-order valence-electron chi connectivity index (χ1n) is 7.02. The molecule has 0 spiro atoms. The molecule has 23 heavy (non-hydrogen) atoms. The summed E-state index contributed by atoms with van der Waals surface area (Å²) in [7, 11) is 0. The third-order valence-electron chi connectivity index (χ3n) is 3.45. The van der Waals surface area contributed by atoms with E-state index >= 15 is 0 Å². The van der Waals surface area contributed by atoms with E-state index in [1.54, 1.807) is 41.6 Å². The quantitative estimate of drug-likeness (QED) is 0.452. The Morgan fingerprint density at radius 1 is 0.913 bits per heavy atom. The molecule has 4 aromatic rings. The zero-order chi connectivity index (χ0) is 15.6. The number of aromatic nitrogens is 2. The van der Waals surface area contributed by atoms with Crippen LogP contribution in [0.3, 0.4) is 0 Å². The maximum atomic E-state index is 13.2. The molecule has 0 aliphatic carbocycles. The minimum atomic E-state index is -0.233. The zero-order valence-corrected chi connectivity index (χ0v) is 13.6. The summed E-state index contributed by atoms with van der Waals surface area (Å²) >= 11 is 3.19. The van der Waals surface area contributed by atoms with Gasteiger partial charge in [-0.2, -0.15) is 0 Å². The molecular formula is C18H11FN2S2. The normalized spacial score (nSPS) is 11.0. The second kappa shape index (κ2) is 6.10. The van der Waals surface area contributed by atoms with Crippen LogP contribution in [0.1, 0.15) is 0 Å². The number of halogens is 1. The van der Waals surface area contributed by atoms with E-state index in [0.717, 1.165) is 31.3 Å². The average Bonchev–Trinajstić information content (AvgIpc) is 3.02. The van der Waals surface area contributed by atoms with Crippen LogP contribution >= 0.6 is 23.1 Å². The van der Waals surface area contributed by atoms with Crippen LogP contribution in [0.25, 0.3) is 21.3 Å². The summed E-state index contributed by atoms with van der Waals surface area (Å²) in [6.07, 6.45) is 1.60. The summed E-state index contributed by atoms with van der Waals surface area (Å²) in [5, 5.41) is 4.00. The summed E-state index contributed by atoms with van der Waals surface area (Å²) in [6, 6.07) is 16.7. The third-order valence-corrected chi connectivity index (χ3v) is 5.35. The van der Waals surface area contributed by atoms with E-state index in [4.69, 9.17) is 0 Å². The fraction of sp³-hybridized carbons (Fsp3) is 0. The van der Waals surface area contributed by atoms with Crippen molar-refractivity contribution in [1.82, 2.24) is 9.97 Å². The monoisotopic (exact) mass is 338 g/mol. The van der Waals surface area contributed by atoms with Crippen molar-refractivity contribution < 1.29 is 4.39 Å². The summed E-state index contributed by atoms with van der Waals surface area (Å²) in [5.74, 6) is -0.233. The minimum absolute atomic E-state index is 0.233. The van der Waals surface area contributed by atoms with Crippen molar-refractivity contribution in [2.24, 2.45) is 0 Å². The Bertz CT molecular complexity index is 950. The number of thiophene rings is 1. The molecular weight excluding hydrogens is 327 g/mol. The number of fused-ring (bicyclic) bond motifs is 1. The molecule has 0 saturated heterocycles. The molecule has 0 radical (unpaired) electrons. The standard InChI is InChI=1S/C18H11FN2S2/c19-13-8-6-12(7-9-13)15-10-22-17-16(15)18(21-11-20-17)23-14-4-2-1-3-5-14/h1-11H. The van der Waals surface area contributed by atoms with Gasteiger partial charge in [0, 0.05) is 15.8 Å². The second-order valence-electron chi connectivity index (χ2n) is 4.93. The van der Waals surface area contributed by atoms with E-state index in [9.17, 15) is 4.39 Å². The van der Waals surface area contributed by atoms with Gasteiger partial charge in [-0.15, -0.1) is 11.3 Å². The minimum Gasteiger partial charge on any atom is -0.229 e. The molecule has 0 saturated carbocycles. The molecule has 0 fully saturated rings. The Hall–Kier alpha value is -2.24. The molecule has 5 heteroatoms. The smallest absolute Gasteiger partial charge is 0.128 e. The van der Waals surface area contributed by atoms with Gasteiger partial charge in [0.05, 0.1) is 5.39 Å². The predicted octanol–water partition coefficient (Wildman–Crippen LogP) is 5.65. The van der Waals surface area contributed by atoms with Gasteiger partial charge in [-0.3, -0.25) is 0 Å². The molecule has 2 aromatic heterocycles. The van der Waals surface area contributed by atoms with Crippen molar-refractivity contribution in [2.75, 3.05) is 0 Å². The SMILES string of the molecule is Fc1ccc(-c2csc3ncnc(Sc4ccccc4)c23)cc1. The summed E-state index contributed by atoms with van der Waals surface area (Å²) in [5.41, 5.74) is 2.02. The molecule has 2 nitrogen and oxygen atoms in total. The van der Waals surface area contributed by atoms with Crippen molar-refractivity contribution in [3.8, 4) is 11.1 Å². The summed E-state index contributed by atoms with van der Waals surface area (Å²) < 4.78 is 13.2. The Balaban J connectivity index is 1.85. The summed E-state index contributed by atoms with van der Waals surface area (Å²) in [4.78, 5) is 10.9. The van der Waals surface area contributed by atoms with Crippen LogP contribution in [-0.4, -0.2) is 9.97 Å². The van der Waals surface area contributed by atoms with E-state index in [0.29, 0.717) is 0 Å². The molecule has 0 aliphatic heterocycles. The predicted molar refractivity (Wildman–Crippen MR) is 93.4 cm³/mol. The van der Waals surface area contributed by atoms with Crippen molar-refractivity contribution >= 4 is 33.3 Å². The van der Waals surface area contributed by atoms with E-state index < -0.39 is 0 Å². The number of hydrogen-bond acceptors (Lipinski definition) is 4. The molecule has 2 aromatic carbocycles. The topological polar surface area (TPSA) is 25.8 Å². The molecule has 0 amide bonds. The number of hydrogen-bond donors (Lipinski definition) is 0. The van der Waals surface area contributed by atoms with Gasteiger partial charge in [0.1, 0.15) is 22.0 Å². The molecule has 0 N–H and O–H groups in total. The van der Waals surface area contributed by atoms with Gasteiger partial charge >= 0.3 is 0 Å². The first-order chi connectivity index (χ1) is 11.3. The fourth-order valence-electron chi connectivity index (χ4n) is 2.37. The van der Waals surface area contributed by atoms with Crippen molar-refractivity contribution in [1.29, 1.82) is 0 Å². The lowest BCUT2D eigenvalue weighted by Crippen LogP contribution is -1.86. The fourth-order valence-corrected chi connectivity index (χ4v) is 4.27. The van der Waals surface area contributed by atoms with Crippen molar-refractivity contribution in [2.45, 2.75) is 9.92 Å². The Kier molecular flexibility index (Phi) is 3.81. The molecule has 0 unspecified atom stereocenters. The van der Waals surface area contributed by atoms with Gasteiger partial charge < -0.3 is 0 Å². The zero-order valence-electron chi connectivity index (χ0n) is 11.9. The average molecular weight is 338 g/mol. The lowest BCUT2D eigenvalue weighted by molar-refractivity contribution is 0.628. The van der Waals surface area contributed by atoms with Crippen LogP contribution in [0.2, 0.25) is 0 Å². The van der Waals surface area contributed by atoms with Crippen LogP contribution in [0.4, 0.5) is 4.39 Å². The van der Waals surface area contributed by atoms with Gasteiger partial charge in [-0.25, -0.2) is 14.4 Å². The number of nitrogens with zero attached hydrogens (tertiary/aromatic N) is 2. The highest BCUT2D eigenvalue weighted by atomic mass is 32.2. The van der Waals surface area contributed by atoms with E-state index in [2.05, 4.69) is 27.5 Å². The van der Waals surface area contributed by atoms with Crippen molar-refractivity contribution in [3.63, 3.8) is 0 Å². The van der Waals surface area contributed by atoms with Crippen LogP contribution in [0.15, 0.2) is 76.2 Å². The highest BCUT2D eigenvalue weighted by Gasteiger charge is 2.14. The Morgan fingerprint density at radius 2 is 1.70 bits per heavy atom. The van der Waals surface area contributed by atoms with Crippen LogP contribution in [-0.2, 0) is 0 Å². The highest BCUT2D eigenvalue weighted by molar-refractivity contribution is 7.99. The third kappa shape index (κ3) is 2.85. The molecule has 0 bridgehead atoms. The van der Waals surface area contributed by atoms with E-state index in [1.165, 1.54) is 12.1 Å². The van der Waals surface area contributed by atoms with Gasteiger partial charge in [0.15, 0.2) is 0 Å². The van der Waals surface area contributed by atoms with Gasteiger partial charge in [0.2, 0.25) is 0 Å². The lowest BCUT2D eigenvalue weighted by Gasteiger charge is -2.05. The van der Waals surface area contributed by atoms with Gasteiger partial charge in [-0.05, 0) is 29.8 Å². The highest BCUT2D eigenvalue weighted by Crippen LogP contribution is 2.39. The number of benzene rings is 2. The van der Waals surface area contributed by atoms with Crippen LogP contribution in [0, 0.1) is 5.82 Å². The maximum absolute atomic E-state index is 13.2. The van der Waals surface area contributed by atoms with Crippen LogP contribution in [0.5, 0.6) is 0 Å². The van der Waals surface area contributed by atoms with Gasteiger partial charge in [0.25, 0.3) is 0 Å². The van der Waals surface area contributed by atoms with E-state index in [1.807, 2.05) is 18.2 Å². The Labute approximate surface area is 141 Å². The molecule has 0 atom stereocenters. The van der Waals surface area contributed by atoms with Gasteiger partial charge in [-0.1, -0.05) is 42.1 Å². The molecule has 4 rings (SSSR count). The first kappa shape index (κ1) is 14.4. The number of rotatable bonds is 3. The molecule has 0 aliphatic rings. The lowest BCUT2D eigenvalue weighted by atomic mass is 10.1. The van der Waals surface area contributed by atoms with Crippen molar-refractivity contribution in [3.05, 3.63) is 72.1 Å². The maximum Gasteiger partial charge on any atom is 0.128 e. The molecule has 112 valence electrons.